The Balaban J connectivity index is 1.44. The van der Waals surface area contributed by atoms with Gasteiger partial charge in [0, 0.05) is 17.8 Å². The van der Waals surface area contributed by atoms with E-state index in [0.29, 0.717) is 12.2 Å². The normalized spacial score (nSPS) is 12.2. The second kappa shape index (κ2) is 6.87. The van der Waals surface area contributed by atoms with Crippen molar-refractivity contribution < 1.29 is 13.5 Å². The molecule has 0 fully saturated rings. The average molecular weight is 350 g/mol. The van der Waals surface area contributed by atoms with Crippen LogP contribution in [-0.2, 0) is 6.61 Å². The molecule has 3 aromatic heterocycles. The van der Waals surface area contributed by atoms with E-state index in [4.69, 9.17) is 9.15 Å². The monoisotopic (exact) mass is 350 g/mol. The van der Waals surface area contributed by atoms with Gasteiger partial charge in [0.25, 0.3) is 5.89 Å². The van der Waals surface area contributed by atoms with Crippen molar-refractivity contribution in [2.45, 2.75) is 19.7 Å². The molecule has 7 heteroatoms. The highest BCUT2D eigenvalue weighted by Crippen LogP contribution is 2.22. The molecule has 0 aliphatic heterocycles. The van der Waals surface area contributed by atoms with Crippen molar-refractivity contribution in [3.63, 3.8) is 0 Å². The van der Waals surface area contributed by atoms with Crippen molar-refractivity contribution in [2.24, 2.45) is 0 Å². The first-order valence-electron chi connectivity index (χ1n) is 8.09. The molecule has 3 heterocycles. The van der Waals surface area contributed by atoms with Gasteiger partial charge in [0.1, 0.15) is 12.4 Å². The van der Waals surface area contributed by atoms with E-state index >= 15 is 0 Å². The SMILES string of the molecule is CC(F)c1nnc(-c2ccc(COc3ccc4ncccc4c3)nc2)o1. The molecule has 0 saturated heterocycles. The van der Waals surface area contributed by atoms with E-state index < -0.39 is 6.17 Å². The number of hydrogen-bond acceptors (Lipinski definition) is 6. The highest BCUT2D eigenvalue weighted by Gasteiger charge is 2.14. The first-order chi connectivity index (χ1) is 12.7. The summed E-state index contributed by atoms with van der Waals surface area (Å²) in [5, 5.41) is 8.51. The molecule has 0 saturated carbocycles. The van der Waals surface area contributed by atoms with Gasteiger partial charge in [0.05, 0.1) is 16.8 Å². The van der Waals surface area contributed by atoms with E-state index in [-0.39, 0.29) is 11.8 Å². The maximum atomic E-state index is 13.2. The lowest BCUT2D eigenvalue weighted by molar-refractivity contribution is 0.300. The Bertz CT molecular complexity index is 1030. The largest absolute Gasteiger partial charge is 0.487 e. The lowest BCUT2D eigenvalue weighted by Gasteiger charge is -2.07. The summed E-state index contributed by atoms with van der Waals surface area (Å²) in [5.74, 6) is 0.944. The van der Waals surface area contributed by atoms with Crippen molar-refractivity contribution in [2.75, 3.05) is 0 Å². The minimum atomic E-state index is -1.30. The zero-order valence-corrected chi connectivity index (χ0v) is 14.0. The molecule has 0 radical (unpaired) electrons. The summed E-state index contributed by atoms with van der Waals surface area (Å²) in [4.78, 5) is 8.61. The van der Waals surface area contributed by atoms with Crippen molar-refractivity contribution in [3.05, 3.63) is 66.4 Å². The van der Waals surface area contributed by atoms with Gasteiger partial charge in [-0.3, -0.25) is 9.97 Å². The van der Waals surface area contributed by atoms with Gasteiger partial charge in [-0.2, -0.15) is 0 Å². The van der Waals surface area contributed by atoms with Gasteiger partial charge in [-0.1, -0.05) is 6.07 Å². The molecule has 4 rings (SSSR count). The first kappa shape index (κ1) is 16.1. The molecule has 26 heavy (non-hydrogen) atoms. The summed E-state index contributed by atoms with van der Waals surface area (Å²) in [5.41, 5.74) is 2.30. The standard InChI is InChI=1S/C19H15FN4O2/c1-12(20)18-23-24-19(26-18)14-4-5-15(22-10-14)11-25-16-6-7-17-13(9-16)3-2-8-21-17/h2-10,12H,11H2,1H3. The second-order valence-electron chi connectivity index (χ2n) is 5.75. The maximum absolute atomic E-state index is 13.2. The number of hydrogen-bond donors (Lipinski definition) is 0. The van der Waals surface area contributed by atoms with E-state index in [2.05, 4.69) is 20.2 Å². The molecule has 4 aromatic rings. The van der Waals surface area contributed by atoms with Crippen LogP contribution in [0.1, 0.15) is 24.7 Å². The lowest BCUT2D eigenvalue weighted by Crippen LogP contribution is -1.98. The minimum Gasteiger partial charge on any atom is -0.487 e. The third-order valence-electron chi connectivity index (χ3n) is 3.81. The van der Waals surface area contributed by atoms with E-state index in [9.17, 15) is 4.39 Å². The first-order valence-corrected chi connectivity index (χ1v) is 8.09. The Hall–Kier alpha value is -3.35. The Labute approximate surface area is 148 Å². The van der Waals surface area contributed by atoms with Gasteiger partial charge in [-0.25, -0.2) is 4.39 Å². The molecular formula is C19H15FN4O2. The number of nitrogens with zero attached hydrogens (tertiary/aromatic N) is 4. The molecule has 0 amide bonds. The van der Waals surface area contributed by atoms with Crippen LogP contribution < -0.4 is 4.74 Å². The molecule has 0 aliphatic rings. The number of fused-ring (bicyclic) bond motifs is 1. The van der Waals surface area contributed by atoms with Gasteiger partial charge >= 0.3 is 0 Å². The van der Waals surface area contributed by atoms with Crippen molar-refractivity contribution in [3.8, 4) is 17.2 Å². The molecule has 0 aliphatic carbocycles. The molecule has 0 N–H and O–H groups in total. The van der Waals surface area contributed by atoms with Crippen LogP contribution >= 0.6 is 0 Å². The van der Waals surface area contributed by atoms with E-state index in [1.165, 1.54) is 6.92 Å². The number of benzene rings is 1. The fourth-order valence-electron chi connectivity index (χ4n) is 2.45. The van der Waals surface area contributed by atoms with E-state index in [0.717, 1.165) is 22.3 Å². The third-order valence-corrected chi connectivity index (χ3v) is 3.81. The van der Waals surface area contributed by atoms with Crippen LogP contribution in [0, 0.1) is 0 Å². The third kappa shape index (κ3) is 3.37. The summed E-state index contributed by atoms with van der Waals surface area (Å²) in [7, 11) is 0. The fourth-order valence-corrected chi connectivity index (χ4v) is 2.45. The van der Waals surface area contributed by atoms with Crippen LogP contribution in [-0.4, -0.2) is 20.2 Å². The van der Waals surface area contributed by atoms with Crippen LogP contribution in [0.4, 0.5) is 4.39 Å². The Morgan fingerprint density at radius 1 is 1.12 bits per heavy atom. The average Bonchev–Trinajstić information content (AvgIpc) is 3.17. The Morgan fingerprint density at radius 3 is 2.81 bits per heavy atom. The number of halogens is 1. The maximum Gasteiger partial charge on any atom is 0.250 e. The van der Waals surface area contributed by atoms with Crippen LogP contribution in [0.3, 0.4) is 0 Å². The molecule has 0 bridgehead atoms. The van der Waals surface area contributed by atoms with Gasteiger partial charge in [-0.15, -0.1) is 10.2 Å². The predicted molar refractivity (Wildman–Crippen MR) is 93.1 cm³/mol. The lowest BCUT2D eigenvalue weighted by atomic mass is 10.2. The highest BCUT2D eigenvalue weighted by atomic mass is 19.1. The predicted octanol–water partition coefficient (Wildman–Crippen LogP) is 4.29. The minimum absolute atomic E-state index is 0.0433. The zero-order chi connectivity index (χ0) is 17.9. The Morgan fingerprint density at radius 2 is 2.04 bits per heavy atom. The summed E-state index contributed by atoms with van der Waals surface area (Å²) in [6.07, 6.45) is 2.06. The van der Waals surface area contributed by atoms with E-state index in [1.54, 1.807) is 24.5 Å². The molecule has 1 atom stereocenters. The summed E-state index contributed by atoms with van der Waals surface area (Å²) < 4.78 is 24.2. The van der Waals surface area contributed by atoms with Gasteiger partial charge < -0.3 is 9.15 Å². The van der Waals surface area contributed by atoms with Crippen LogP contribution in [0.25, 0.3) is 22.4 Å². The van der Waals surface area contributed by atoms with Crippen LogP contribution in [0.2, 0.25) is 0 Å². The summed E-state index contributed by atoms with van der Waals surface area (Å²) in [6.45, 7) is 1.67. The second-order valence-corrected chi connectivity index (χ2v) is 5.75. The van der Waals surface area contributed by atoms with Crippen LogP contribution in [0.5, 0.6) is 5.75 Å². The van der Waals surface area contributed by atoms with E-state index in [1.807, 2.05) is 30.3 Å². The summed E-state index contributed by atoms with van der Waals surface area (Å²) in [6, 6.07) is 13.2. The fraction of sp³-hybridized carbons (Fsp3) is 0.158. The topological polar surface area (TPSA) is 73.9 Å². The highest BCUT2D eigenvalue weighted by molar-refractivity contribution is 5.79. The van der Waals surface area contributed by atoms with Crippen LogP contribution in [0.15, 0.2) is 59.3 Å². The van der Waals surface area contributed by atoms with Gasteiger partial charge in [0.15, 0.2) is 6.17 Å². The molecule has 6 nitrogen and oxygen atoms in total. The quantitative estimate of drug-likeness (QED) is 0.534. The smallest absolute Gasteiger partial charge is 0.250 e. The molecular weight excluding hydrogens is 335 g/mol. The van der Waals surface area contributed by atoms with Crippen molar-refractivity contribution >= 4 is 10.9 Å². The zero-order valence-electron chi connectivity index (χ0n) is 14.0. The Kier molecular flexibility index (Phi) is 4.27. The number of rotatable bonds is 5. The van der Waals surface area contributed by atoms with Gasteiger partial charge in [0.2, 0.25) is 5.89 Å². The number of aromatic nitrogens is 4. The van der Waals surface area contributed by atoms with Gasteiger partial charge in [-0.05, 0) is 43.3 Å². The van der Waals surface area contributed by atoms with Crippen molar-refractivity contribution in [1.82, 2.24) is 20.2 Å². The summed E-state index contributed by atoms with van der Waals surface area (Å²) >= 11 is 0. The molecule has 1 unspecified atom stereocenters. The number of alkyl halides is 1. The molecule has 1 aromatic carbocycles. The van der Waals surface area contributed by atoms with Crippen molar-refractivity contribution in [1.29, 1.82) is 0 Å². The molecule has 0 spiro atoms. The number of pyridine rings is 2. The number of ether oxygens (including phenoxy) is 1. The molecule has 130 valence electrons.